The number of para-hydroxylation sites is 1. The van der Waals surface area contributed by atoms with Crippen LogP contribution in [0.3, 0.4) is 0 Å². The zero-order chi connectivity index (χ0) is 21.1. The number of nitrogens with zero attached hydrogens (tertiary/aromatic N) is 3. The summed E-state index contributed by atoms with van der Waals surface area (Å²) >= 11 is 5.64. The Kier molecular flexibility index (Phi) is 5.81. The maximum atomic E-state index is 12.8. The van der Waals surface area contributed by atoms with Gasteiger partial charge in [0.15, 0.2) is 5.11 Å². The minimum Gasteiger partial charge on any atom is -0.352 e. The first-order valence-electron chi connectivity index (χ1n) is 10.0. The summed E-state index contributed by atoms with van der Waals surface area (Å²) in [5.41, 5.74) is 2.76. The fourth-order valence-electron chi connectivity index (χ4n) is 3.74. The SMILES string of the molecule is CC(C)n1ccc([C@H]2[C@@H](c3ccccn3)NC(=S)N2CC(=O)Nc2ccccc2)c1. The van der Waals surface area contributed by atoms with Gasteiger partial charge in [-0.05, 0) is 62.0 Å². The molecule has 2 aromatic heterocycles. The molecule has 3 aromatic rings. The summed E-state index contributed by atoms with van der Waals surface area (Å²) in [6.07, 6.45) is 5.98. The van der Waals surface area contributed by atoms with Crippen LogP contribution < -0.4 is 10.6 Å². The van der Waals surface area contributed by atoms with Crippen molar-refractivity contribution in [3.8, 4) is 0 Å². The van der Waals surface area contributed by atoms with Gasteiger partial charge in [-0.2, -0.15) is 0 Å². The lowest BCUT2D eigenvalue weighted by Gasteiger charge is -2.26. The van der Waals surface area contributed by atoms with Crippen molar-refractivity contribution >= 4 is 28.9 Å². The van der Waals surface area contributed by atoms with Crippen molar-refractivity contribution in [2.75, 3.05) is 11.9 Å². The summed E-state index contributed by atoms with van der Waals surface area (Å²) in [6, 6.07) is 17.5. The van der Waals surface area contributed by atoms with Gasteiger partial charge in [-0.3, -0.25) is 9.78 Å². The number of carbonyl (C=O) groups is 1. The molecule has 1 aromatic carbocycles. The number of benzene rings is 1. The predicted octanol–water partition coefficient (Wildman–Crippen LogP) is 4.08. The van der Waals surface area contributed by atoms with Gasteiger partial charge < -0.3 is 20.1 Å². The van der Waals surface area contributed by atoms with Crippen molar-refractivity contribution in [3.05, 3.63) is 84.4 Å². The second kappa shape index (κ2) is 8.67. The van der Waals surface area contributed by atoms with E-state index < -0.39 is 0 Å². The van der Waals surface area contributed by atoms with E-state index in [9.17, 15) is 4.79 Å². The number of nitrogens with one attached hydrogen (secondary N) is 2. The fourth-order valence-corrected chi connectivity index (χ4v) is 4.05. The molecule has 0 radical (unpaired) electrons. The molecule has 30 heavy (non-hydrogen) atoms. The van der Waals surface area contributed by atoms with Crippen LogP contribution in [0.2, 0.25) is 0 Å². The molecular weight excluding hydrogens is 394 g/mol. The van der Waals surface area contributed by atoms with Crippen LogP contribution in [-0.4, -0.2) is 32.0 Å². The highest BCUT2D eigenvalue weighted by Gasteiger charge is 2.41. The lowest BCUT2D eigenvalue weighted by Crippen LogP contribution is -2.37. The Morgan fingerprint density at radius 3 is 2.60 bits per heavy atom. The zero-order valence-electron chi connectivity index (χ0n) is 17.0. The Morgan fingerprint density at radius 2 is 1.93 bits per heavy atom. The highest BCUT2D eigenvalue weighted by Crippen LogP contribution is 2.38. The van der Waals surface area contributed by atoms with Gasteiger partial charge in [-0.1, -0.05) is 24.3 Å². The summed E-state index contributed by atoms with van der Waals surface area (Å²) in [6.45, 7) is 4.44. The van der Waals surface area contributed by atoms with Crippen molar-refractivity contribution in [1.82, 2.24) is 19.8 Å². The van der Waals surface area contributed by atoms with E-state index in [1.165, 1.54) is 0 Å². The number of aromatic nitrogens is 2. The normalized spacial score (nSPS) is 18.5. The van der Waals surface area contributed by atoms with E-state index in [4.69, 9.17) is 12.2 Å². The molecule has 3 heterocycles. The molecule has 0 bridgehead atoms. The van der Waals surface area contributed by atoms with Crippen LogP contribution >= 0.6 is 12.2 Å². The molecule has 154 valence electrons. The van der Waals surface area contributed by atoms with Crippen LogP contribution in [0.4, 0.5) is 5.69 Å². The second-order valence-electron chi connectivity index (χ2n) is 7.65. The Hall–Kier alpha value is -3.19. The molecule has 1 amide bonds. The third-order valence-electron chi connectivity index (χ3n) is 5.24. The van der Waals surface area contributed by atoms with Crippen molar-refractivity contribution < 1.29 is 4.79 Å². The predicted molar refractivity (Wildman–Crippen MR) is 122 cm³/mol. The Bertz CT molecular complexity index is 1020. The molecule has 6 nitrogen and oxygen atoms in total. The van der Waals surface area contributed by atoms with Gasteiger partial charge in [0, 0.05) is 30.3 Å². The summed E-state index contributed by atoms with van der Waals surface area (Å²) in [5, 5.41) is 6.88. The first-order valence-corrected chi connectivity index (χ1v) is 10.4. The largest absolute Gasteiger partial charge is 0.352 e. The van der Waals surface area contributed by atoms with E-state index in [1.807, 2.05) is 53.4 Å². The van der Waals surface area contributed by atoms with Crippen molar-refractivity contribution in [1.29, 1.82) is 0 Å². The van der Waals surface area contributed by atoms with E-state index in [0.717, 1.165) is 16.9 Å². The molecule has 0 spiro atoms. The monoisotopic (exact) mass is 419 g/mol. The van der Waals surface area contributed by atoms with Gasteiger partial charge in [-0.25, -0.2) is 0 Å². The summed E-state index contributed by atoms with van der Waals surface area (Å²) in [4.78, 5) is 19.3. The highest BCUT2D eigenvalue weighted by atomic mass is 32.1. The molecule has 0 unspecified atom stereocenters. The van der Waals surface area contributed by atoms with Crippen molar-refractivity contribution in [3.63, 3.8) is 0 Å². The van der Waals surface area contributed by atoms with Crippen LogP contribution in [0.15, 0.2) is 73.2 Å². The minimum absolute atomic E-state index is 0.111. The van der Waals surface area contributed by atoms with Gasteiger partial charge in [0.25, 0.3) is 0 Å². The van der Waals surface area contributed by atoms with Gasteiger partial charge in [0.2, 0.25) is 5.91 Å². The number of hydrogen-bond donors (Lipinski definition) is 2. The van der Waals surface area contributed by atoms with Crippen LogP contribution in [0.5, 0.6) is 0 Å². The molecular formula is C23H25N5OS. The van der Waals surface area contributed by atoms with Gasteiger partial charge in [0.05, 0.1) is 17.8 Å². The van der Waals surface area contributed by atoms with Crippen LogP contribution in [0.25, 0.3) is 0 Å². The smallest absolute Gasteiger partial charge is 0.244 e. The summed E-state index contributed by atoms with van der Waals surface area (Å²) in [5.74, 6) is -0.111. The standard InChI is InChI=1S/C23H25N5OS/c1-16(2)27-13-11-17(14-27)22-21(19-10-6-7-12-24-19)26-23(30)28(22)15-20(29)25-18-8-4-3-5-9-18/h3-14,16,21-22H,15H2,1-2H3,(H,25,29)(H,26,30)/t21-,22+/m1/s1. The fraction of sp³-hybridized carbons (Fsp3) is 0.261. The number of anilines is 1. The minimum atomic E-state index is -0.133. The molecule has 7 heteroatoms. The van der Waals surface area contributed by atoms with Gasteiger partial charge >= 0.3 is 0 Å². The first kappa shape index (κ1) is 20.1. The van der Waals surface area contributed by atoms with E-state index in [0.29, 0.717) is 11.2 Å². The number of carbonyl (C=O) groups excluding carboxylic acids is 1. The van der Waals surface area contributed by atoms with Gasteiger partial charge in [0.1, 0.15) is 6.54 Å². The zero-order valence-corrected chi connectivity index (χ0v) is 17.8. The number of thiocarbonyl (C=S) groups is 1. The molecule has 2 N–H and O–H groups in total. The van der Waals surface area contributed by atoms with Gasteiger partial charge in [-0.15, -0.1) is 0 Å². The first-order chi connectivity index (χ1) is 14.5. The maximum Gasteiger partial charge on any atom is 0.244 e. The average molecular weight is 420 g/mol. The summed E-state index contributed by atoms with van der Waals surface area (Å²) < 4.78 is 2.16. The van der Waals surface area contributed by atoms with Crippen LogP contribution in [0.1, 0.15) is 43.2 Å². The Morgan fingerprint density at radius 1 is 1.17 bits per heavy atom. The lowest BCUT2D eigenvalue weighted by molar-refractivity contribution is -0.116. The molecule has 1 aliphatic rings. The second-order valence-corrected chi connectivity index (χ2v) is 8.04. The average Bonchev–Trinajstić information content (AvgIpc) is 3.35. The molecule has 2 atom stereocenters. The molecule has 1 saturated heterocycles. The number of hydrogen-bond acceptors (Lipinski definition) is 3. The third-order valence-corrected chi connectivity index (χ3v) is 5.60. The quantitative estimate of drug-likeness (QED) is 0.590. The van der Waals surface area contributed by atoms with Crippen LogP contribution in [0, 0.1) is 0 Å². The van der Waals surface area contributed by atoms with Crippen LogP contribution in [-0.2, 0) is 4.79 Å². The number of amides is 1. The van der Waals surface area contributed by atoms with E-state index in [1.54, 1.807) is 6.20 Å². The van der Waals surface area contributed by atoms with Crippen molar-refractivity contribution in [2.45, 2.75) is 32.0 Å². The Labute approximate surface area is 181 Å². The molecule has 0 saturated carbocycles. The van der Waals surface area contributed by atoms with E-state index in [-0.39, 0.29) is 24.5 Å². The third kappa shape index (κ3) is 4.21. The summed E-state index contributed by atoms with van der Waals surface area (Å²) in [7, 11) is 0. The number of rotatable bonds is 6. The maximum absolute atomic E-state index is 12.8. The van der Waals surface area contributed by atoms with Crippen molar-refractivity contribution in [2.24, 2.45) is 0 Å². The highest BCUT2D eigenvalue weighted by molar-refractivity contribution is 7.80. The molecule has 1 fully saturated rings. The Balaban J connectivity index is 1.62. The molecule has 4 rings (SSSR count). The topological polar surface area (TPSA) is 62.2 Å². The van der Waals surface area contributed by atoms with E-state index in [2.05, 4.69) is 52.5 Å². The molecule has 0 aliphatic carbocycles. The van der Waals surface area contributed by atoms with E-state index >= 15 is 0 Å². The molecule has 1 aliphatic heterocycles. The number of pyridine rings is 1. The lowest BCUT2D eigenvalue weighted by atomic mass is 9.99.